The van der Waals surface area contributed by atoms with Gasteiger partial charge in [-0.15, -0.1) is 0 Å². The number of allylic oxidation sites excluding steroid dienone is 4. The molecule has 4 nitrogen and oxygen atoms in total. The molecule has 0 aromatic rings. The van der Waals surface area contributed by atoms with Crippen molar-refractivity contribution < 1.29 is 8.42 Å². The van der Waals surface area contributed by atoms with Gasteiger partial charge in [-0.1, -0.05) is 12.7 Å². The van der Waals surface area contributed by atoms with Gasteiger partial charge in [0.25, 0.3) is 0 Å². The van der Waals surface area contributed by atoms with Crippen LogP contribution in [-0.2, 0) is 10.0 Å². The first-order chi connectivity index (χ1) is 7.26. The molecule has 16 heavy (non-hydrogen) atoms. The quantitative estimate of drug-likeness (QED) is 0.747. The lowest BCUT2D eigenvalue weighted by Gasteiger charge is -2.21. The minimum absolute atomic E-state index is 0.0429. The summed E-state index contributed by atoms with van der Waals surface area (Å²) in [4.78, 5) is 0. The van der Waals surface area contributed by atoms with Crippen molar-refractivity contribution in [2.45, 2.75) is 20.8 Å². The number of hydrogen-bond acceptors (Lipinski definition) is 3. The summed E-state index contributed by atoms with van der Waals surface area (Å²) < 4.78 is 24.6. The third kappa shape index (κ3) is 3.73. The Balaban J connectivity index is 5.46. The Morgan fingerprint density at radius 2 is 1.94 bits per heavy atom. The van der Waals surface area contributed by atoms with Crippen molar-refractivity contribution in [1.82, 2.24) is 4.31 Å². The molecule has 0 heterocycles. The third-order valence-corrected chi connectivity index (χ3v) is 3.97. The van der Waals surface area contributed by atoms with Crippen molar-refractivity contribution in [3.8, 4) is 0 Å². The van der Waals surface area contributed by atoms with Gasteiger partial charge in [-0.05, 0) is 32.4 Å². The highest BCUT2D eigenvalue weighted by molar-refractivity contribution is 7.89. The van der Waals surface area contributed by atoms with Gasteiger partial charge in [0.2, 0.25) is 10.0 Å². The van der Waals surface area contributed by atoms with E-state index in [1.807, 2.05) is 6.92 Å². The van der Waals surface area contributed by atoms with Gasteiger partial charge in [0.05, 0.1) is 11.4 Å². The Labute approximate surface area is 98.2 Å². The van der Waals surface area contributed by atoms with E-state index in [-0.39, 0.29) is 5.75 Å². The molecule has 0 rings (SSSR count). The van der Waals surface area contributed by atoms with E-state index in [1.54, 1.807) is 26.0 Å². The topological polar surface area (TPSA) is 63.4 Å². The molecule has 92 valence electrons. The first-order valence-corrected chi connectivity index (χ1v) is 6.60. The zero-order chi connectivity index (χ0) is 12.9. The maximum atomic E-state index is 11.7. The molecule has 5 heteroatoms. The monoisotopic (exact) mass is 244 g/mol. The van der Waals surface area contributed by atoms with Crippen LogP contribution in [0, 0.1) is 0 Å². The average Bonchev–Trinajstić information content (AvgIpc) is 2.23. The van der Waals surface area contributed by atoms with Crippen molar-refractivity contribution in [3.05, 3.63) is 35.7 Å². The fourth-order valence-electron chi connectivity index (χ4n) is 1.07. The number of sulfonamides is 1. The summed E-state index contributed by atoms with van der Waals surface area (Å²) in [6, 6.07) is 0. The lowest BCUT2D eigenvalue weighted by molar-refractivity contribution is 0.528. The van der Waals surface area contributed by atoms with Gasteiger partial charge in [0.15, 0.2) is 0 Å². The number of rotatable bonds is 5. The number of hydrogen-bond donors (Lipinski definition) is 1. The summed E-state index contributed by atoms with van der Waals surface area (Å²) in [5.74, 6) is 0.0429. The summed E-state index contributed by atoms with van der Waals surface area (Å²) >= 11 is 0. The van der Waals surface area contributed by atoms with Crippen LogP contribution < -0.4 is 5.73 Å². The predicted octanol–water partition coefficient (Wildman–Crippen LogP) is 1.59. The van der Waals surface area contributed by atoms with Crippen molar-refractivity contribution in [1.29, 1.82) is 0 Å². The highest BCUT2D eigenvalue weighted by Gasteiger charge is 2.17. The van der Waals surface area contributed by atoms with Gasteiger partial charge in [-0.25, -0.2) is 8.42 Å². The maximum Gasteiger partial charge on any atom is 0.234 e. The van der Waals surface area contributed by atoms with E-state index in [0.717, 1.165) is 5.57 Å². The maximum absolute atomic E-state index is 11.7. The number of nitrogens with two attached hydrogens (primary N) is 1. The molecular weight excluding hydrogens is 224 g/mol. The zero-order valence-electron chi connectivity index (χ0n) is 10.3. The van der Waals surface area contributed by atoms with Gasteiger partial charge in [0.1, 0.15) is 0 Å². The summed E-state index contributed by atoms with van der Waals surface area (Å²) in [6.45, 7) is 8.72. The highest BCUT2D eigenvalue weighted by Crippen LogP contribution is 2.14. The molecule has 0 radical (unpaired) electrons. The molecule has 0 aromatic carbocycles. The molecule has 0 aliphatic rings. The zero-order valence-corrected chi connectivity index (χ0v) is 11.1. The van der Waals surface area contributed by atoms with Gasteiger partial charge in [0, 0.05) is 12.7 Å². The second-order valence-corrected chi connectivity index (χ2v) is 5.82. The van der Waals surface area contributed by atoms with Gasteiger partial charge in [-0.2, -0.15) is 0 Å². The summed E-state index contributed by atoms with van der Waals surface area (Å²) in [6.07, 6.45) is 3.35. The first kappa shape index (κ1) is 14.8. The van der Waals surface area contributed by atoms with E-state index < -0.39 is 10.0 Å². The van der Waals surface area contributed by atoms with Crippen LogP contribution in [0.4, 0.5) is 0 Å². The Hall–Kier alpha value is -1.23. The summed E-state index contributed by atoms with van der Waals surface area (Å²) in [7, 11) is -1.78. The fourth-order valence-corrected chi connectivity index (χ4v) is 1.95. The molecule has 2 N–H and O–H groups in total. The standard InChI is InChI=1S/C11H20N2O2S/c1-6-9(3)8-11(10(4)12)13(5)16(14,15)7-2/h6,8H,1,7,12H2,2-5H3/b9-8-,11-10-. The van der Waals surface area contributed by atoms with E-state index in [2.05, 4.69) is 6.58 Å². The van der Waals surface area contributed by atoms with E-state index in [9.17, 15) is 8.42 Å². The molecule has 0 atom stereocenters. The summed E-state index contributed by atoms with van der Waals surface area (Å²) in [5.41, 5.74) is 7.49. The van der Waals surface area contributed by atoms with Crippen LogP contribution >= 0.6 is 0 Å². The molecule has 0 spiro atoms. The van der Waals surface area contributed by atoms with E-state index in [1.165, 1.54) is 11.4 Å². The average molecular weight is 244 g/mol. The molecule has 0 saturated carbocycles. The second kappa shape index (κ2) is 5.75. The predicted molar refractivity (Wildman–Crippen MR) is 68.1 cm³/mol. The minimum Gasteiger partial charge on any atom is -0.401 e. The largest absolute Gasteiger partial charge is 0.401 e. The Kier molecular flexibility index (Phi) is 5.30. The first-order valence-electron chi connectivity index (χ1n) is 5.00. The van der Waals surface area contributed by atoms with Crippen LogP contribution in [0.3, 0.4) is 0 Å². The number of nitrogens with zero attached hydrogens (tertiary/aromatic N) is 1. The second-order valence-electron chi connectivity index (χ2n) is 3.53. The lowest BCUT2D eigenvalue weighted by atomic mass is 10.2. The van der Waals surface area contributed by atoms with Crippen LogP contribution in [0.2, 0.25) is 0 Å². The van der Waals surface area contributed by atoms with E-state index >= 15 is 0 Å². The van der Waals surface area contributed by atoms with Gasteiger partial charge < -0.3 is 5.73 Å². The Morgan fingerprint density at radius 3 is 2.25 bits per heavy atom. The summed E-state index contributed by atoms with van der Waals surface area (Å²) in [5, 5.41) is 0. The highest BCUT2D eigenvalue weighted by atomic mass is 32.2. The lowest BCUT2D eigenvalue weighted by Crippen LogP contribution is -2.29. The van der Waals surface area contributed by atoms with Gasteiger partial charge >= 0.3 is 0 Å². The van der Waals surface area contributed by atoms with Crippen LogP contribution in [-0.4, -0.2) is 25.5 Å². The molecule has 0 bridgehead atoms. The van der Waals surface area contributed by atoms with E-state index in [4.69, 9.17) is 5.73 Å². The molecule has 0 fully saturated rings. The normalized spacial score (nSPS) is 14.4. The molecule has 0 aliphatic carbocycles. The third-order valence-electron chi connectivity index (χ3n) is 2.21. The van der Waals surface area contributed by atoms with Crippen molar-refractivity contribution in [2.75, 3.05) is 12.8 Å². The number of likely N-dealkylation sites (N-methyl/N-ethyl adjacent to an activating group) is 1. The minimum atomic E-state index is -3.28. The Morgan fingerprint density at radius 1 is 1.44 bits per heavy atom. The van der Waals surface area contributed by atoms with Crippen LogP contribution in [0.1, 0.15) is 20.8 Å². The molecular formula is C11H20N2O2S. The molecule has 0 unspecified atom stereocenters. The molecule has 0 aliphatic heterocycles. The Bertz CT molecular complexity index is 415. The SMILES string of the molecule is C=C/C(C)=C\C(=C(/C)N)N(C)S(=O)(=O)CC. The molecule has 0 saturated heterocycles. The van der Waals surface area contributed by atoms with Crippen molar-refractivity contribution in [3.63, 3.8) is 0 Å². The molecule has 0 aromatic heterocycles. The fraction of sp³-hybridized carbons (Fsp3) is 0.455. The smallest absolute Gasteiger partial charge is 0.234 e. The van der Waals surface area contributed by atoms with Crippen LogP contribution in [0.5, 0.6) is 0 Å². The van der Waals surface area contributed by atoms with Crippen LogP contribution in [0.25, 0.3) is 0 Å². The van der Waals surface area contributed by atoms with Crippen LogP contribution in [0.15, 0.2) is 35.7 Å². The molecule has 0 amide bonds. The van der Waals surface area contributed by atoms with E-state index in [0.29, 0.717) is 11.4 Å². The van der Waals surface area contributed by atoms with Crippen molar-refractivity contribution in [2.24, 2.45) is 5.73 Å². The van der Waals surface area contributed by atoms with Crippen molar-refractivity contribution >= 4 is 10.0 Å². The van der Waals surface area contributed by atoms with Gasteiger partial charge in [-0.3, -0.25) is 4.31 Å².